The van der Waals surface area contributed by atoms with Gasteiger partial charge in [-0.15, -0.1) is 0 Å². The number of hydrogen-bond acceptors (Lipinski definition) is 4. The van der Waals surface area contributed by atoms with Crippen LogP contribution in [0.1, 0.15) is 38.5 Å². The zero-order valence-electron chi connectivity index (χ0n) is 17.4. The van der Waals surface area contributed by atoms with Crippen LogP contribution in [-0.4, -0.2) is 67.2 Å². The number of amides is 3. The van der Waals surface area contributed by atoms with Gasteiger partial charge in [0.1, 0.15) is 5.75 Å². The van der Waals surface area contributed by atoms with Crippen molar-refractivity contribution in [1.82, 2.24) is 9.80 Å². The number of urea groups is 1. The average Bonchev–Trinajstić information content (AvgIpc) is 3.61. The SMILES string of the molecule is COc1ccc(Cl)cc1NC(=O)N1CCC(N(C(=O)C2CC2)C2CCOCC2)CC1. The van der Waals surface area contributed by atoms with Crippen LogP contribution in [0.15, 0.2) is 18.2 Å². The third-order valence-corrected chi connectivity index (χ3v) is 6.55. The smallest absolute Gasteiger partial charge is 0.321 e. The van der Waals surface area contributed by atoms with Crippen molar-refractivity contribution in [2.75, 3.05) is 38.7 Å². The van der Waals surface area contributed by atoms with Crippen LogP contribution in [0, 0.1) is 5.92 Å². The number of benzene rings is 1. The Morgan fingerprint density at radius 3 is 2.40 bits per heavy atom. The second kappa shape index (κ2) is 9.43. The molecule has 0 unspecified atom stereocenters. The second-order valence-corrected chi connectivity index (χ2v) is 8.79. The molecule has 3 fully saturated rings. The van der Waals surface area contributed by atoms with E-state index in [1.165, 1.54) is 0 Å². The number of carbonyl (C=O) groups is 2. The summed E-state index contributed by atoms with van der Waals surface area (Å²) in [6, 6.07) is 5.45. The number of nitrogens with zero attached hydrogens (tertiary/aromatic N) is 2. The topological polar surface area (TPSA) is 71.1 Å². The second-order valence-electron chi connectivity index (χ2n) is 8.36. The molecule has 8 heteroatoms. The number of carbonyl (C=O) groups excluding carboxylic acids is 2. The number of likely N-dealkylation sites (tertiary alicyclic amines) is 1. The third kappa shape index (κ3) is 4.83. The molecule has 2 heterocycles. The number of nitrogens with one attached hydrogen (secondary N) is 1. The highest BCUT2D eigenvalue weighted by Crippen LogP contribution is 2.35. The molecule has 164 valence electrons. The minimum atomic E-state index is -0.167. The summed E-state index contributed by atoms with van der Waals surface area (Å²) in [7, 11) is 1.56. The first-order chi connectivity index (χ1) is 14.6. The molecule has 30 heavy (non-hydrogen) atoms. The number of halogens is 1. The van der Waals surface area contributed by atoms with Gasteiger partial charge in [0.2, 0.25) is 5.91 Å². The van der Waals surface area contributed by atoms with E-state index < -0.39 is 0 Å². The van der Waals surface area contributed by atoms with E-state index in [9.17, 15) is 9.59 Å². The van der Waals surface area contributed by atoms with Crippen molar-refractivity contribution in [1.29, 1.82) is 0 Å². The lowest BCUT2D eigenvalue weighted by molar-refractivity contribution is -0.141. The number of methoxy groups -OCH3 is 1. The molecule has 2 saturated heterocycles. The molecular formula is C22H30ClN3O4. The quantitative estimate of drug-likeness (QED) is 0.764. The van der Waals surface area contributed by atoms with Gasteiger partial charge in [-0.25, -0.2) is 4.79 Å². The maximum Gasteiger partial charge on any atom is 0.321 e. The van der Waals surface area contributed by atoms with E-state index in [4.69, 9.17) is 21.1 Å². The Morgan fingerprint density at radius 1 is 1.10 bits per heavy atom. The van der Waals surface area contributed by atoms with E-state index in [1.807, 2.05) is 0 Å². The van der Waals surface area contributed by atoms with Crippen molar-refractivity contribution < 1.29 is 19.1 Å². The molecule has 0 aromatic heterocycles. The number of hydrogen-bond donors (Lipinski definition) is 1. The largest absolute Gasteiger partial charge is 0.495 e. The Kier molecular flexibility index (Phi) is 6.68. The maximum absolute atomic E-state index is 13.0. The van der Waals surface area contributed by atoms with Gasteiger partial charge in [0.15, 0.2) is 0 Å². The van der Waals surface area contributed by atoms with Crippen LogP contribution in [0.5, 0.6) is 5.75 Å². The Balaban J connectivity index is 1.37. The van der Waals surface area contributed by atoms with Crippen LogP contribution < -0.4 is 10.1 Å². The summed E-state index contributed by atoms with van der Waals surface area (Å²) in [5, 5.41) is 3.45. The Morgan fingerprint density at radius 2 is 1.77 bits per heavy atom. The third-order valence-electron chi connectivity index (χ3n) is 6.31. The highest BCUT2D eigenvalue weighted by molar-refractivity contribution is 6.31. The molecule has 3 amide bonds. The highest BCUT2D eigenvalue weighted by atomic mass is 35.5. The number of rotatable bonds is 5. The van der Waals surface area contributed by atoms with Gasteiger partial charge in [0, 0.05) is 49.3 Å². The normalized spacial score (nSPS) is 20.7. The van der Waals surface area contributed by atoms with E-state index in [0.717, 1.165) is 51.7 Å². The fourth-order valence-corrected chi connectivity index (χ4v) is 4.65. The number of ether oxygens (including phenoxy) is 2. The molecule has 0 spiro atoms. The molecule has 1 aromatic rings. The zero-order valence-corrected chi connectivity index (χ0v) is 18.2. The van der Waals surface area contributed by atoms with Gasteiger partial charge in [0.25, 0.3) is 0 Å². The monoisotopic (exact) mass is 435 g/mol. The van der Waals surface area contributed by atoms with E-state index in [2.05, 4.69) is 10.2 Å². The van der Waals surface area contributed by atoms with Gasteiger partial charge in [-0.3, -0.25) is 4.79 Å². The molecule has 1 aliphatic carbocycles. The number of anilines is 1. The maximum atomic E-state index is 13.0. The molecule has 3 aliphatic rings. The Hall–Kier alpha value is -1.99. The molecule has 0 radical (unpaired) electrons. The van der Waals surface area contributed by atoms with Gasteiger partial charge < -0.3 is 24.6 Å². The first-order valence-electron chi connectivity index (χ1n) is 10.9. The average molecular weight is 436 g/mol. The van der Waals surface area contributed by atoms with Gasteiger partial charge in [0.05, 0.1) is 12.8 Å². The molecule has 0 bridgehead atoms. The van der Waals surface area contributed by atoms with Crippen LogP contribution in [0.4, 0.5) is 10.5 Å². The molecule has 4 rings (SSSR count). The van der Waals surface area contributed by atoms with Crippen molar-refractivity contribution in [2.24, 2.45) is 5.92 Å². The Bertz CT molecular complexity index is 772. The molecule has 2 aliphatic heterocycles. The zero-order chi connectivity index (χ0) is 21.1. The van der Waals surface area contributed by atoms with Crippen LogP contribution in [0.3, 0.4) is 0 Å². The van der Waals surface area contributed by atoms with E-state index >= 15 is 0 Å². The summed E-state index contributed by atoms with van der Waals surface area (Å²) in [5.41, 5.74) is 0.560. The van der Waals surface area contributed by atoms with Gasteiger partial charge in [-0.05, 0) is 56.7 Å². The van der Waals surface area contributed by atoms with Crippen molar-refractivity contribution in [3.05, 3.63) is 23.2 Å². The summed E-state index contributed by atoms with van der Waals surface area (Å²) < 4.78 is 10.8. The lowest BCUT2D eigenvalue weighted by Gasteiger charge is -2.43. The van der Waals surface area contributed by atoms with Gasteiger partial charge >= 0.3 is 6.03 Å². The van der Waals surface area contributed by atoms with Gasteiger partial charge in [-0.1, -0.05) is 11.6 Å². The minimum Gasteiger partial charge on any atom is -0.495 e. The first-order valence-corrected chi connectivity index (χ1v) is 11.2. The standard InChI is InChI=1S/C22H30ClN3O4/c1-29-20-5-4-16(23)14-19(20)24-22(28)25-10-6-17(7-11-25)26(21(27)15-2-3-15)18-8-12-30-13-9-18/h4-5,14-15,17-18H,2-3,6-13H2,1H3,(H,24,28). The predicted molar refractivity (Wildman–Crippen MR) is 115 cm³/mol. The summed E-state index contributed by atoms with van der Waals surface area (Å²) in [4.78, 5) is 29.8. The van der Waals surface area contributed by atoms with Crippen LogP contribution >= 0.6 is 11.6 Å². The summed E-state index contributed by atoms with van der Waals surface area (Å²) >= 11 is 6.06. The van der Waals surface area contributed by atoms with E-state index in [-0.39, 0.29) is 24.0 Å². The predicted octanol–water partition coefficient (Wildman–Crippen LogP) is 3.76. The van der Waals surface area contributed by atoms with Crippen molar-refractivity contribution in [3.8, 4) is 5.75 Å². The summed E-state index contributed by atoms with van der Waals surface area (Å²) in [6.07, 6.45) is 5.45. The van der Waals surface area contributed by atoms with E-state index in [0.29, 0.717) is 35.5 Å². The molecule has 1 saturated carbocycles. The number of piperidine rings is 1. The summed E-state index contributed by atoms with van der Waals surface area (Å²) in [5.74, 6) is 1.10. The first kappa shape index (κ1) is 21.2. The van der Waals surface area contributed by atoms with Crippen molar-refractivity contribution in [2.45, 2.75) is 50.6 Å². The fraction of sp³-hybridized carbons (Fsp3) is 0.636. The lowest BCUT2D eigenvalue weighted by atomic mass is 9.97. The molecule has 1 aromatic carbocycles. The van der Waals surface area contributed by atoms with Gasteiger partial charge in [-0.2, -0.15) is 0 Å². The Labute approximate surface area is 182 Å². The van der Waals surface area contributed by atoms with Crippen molar-refractivity contribution in [3.63, 3.8) is 0 Å². The van der Waals surface area contributed by atoms with E-state index in [1.54, 1.807) is 30.2 Å². The summed E-state index contributed by atoms with van der Waals surface area (Å²) in [6.45, 7) is 2.69. The molecule has 0 atom stereocenters. The van der Waals surface area contributed by atoms with Crippen LogP contribution in [0.2, 0.25) is 5.02 Å². The van der Waals surface area contributed by atoms with Crippen molar-refractivity contribution >= 4 is 29.2 Å². The fourth-order valence-electron chi connectivity index (χ4n) is 4.48. The lowest BCUT2D eigenvalue weighted by Crippen LogP contribution is -2.54. The highest BCUT2D eigenvalue weighted by Gasteiger charge is 2.41. The molecule has 1 N–H and O–H groups in total. The van der Waals surface area contributed by atoms with Crippen LogP contribution in [0.25, 0.3) is 0 Å². The molecular weight excluding hydrogens is 406 g/mol. The van der Waals surface area contributed by atoms with Crippen LogP contribution in [-0.2, 0) is 9.53 Å². The minimum absolute atomic E-state index is 0.167. The molecule has 7 nitrogen and oxygen atoms in total.